The summed E-state index contributed by atoms with van der Waals surface area (Å²) in [7, 11) is 0. The van der Waals surface area contributed by atoms with Crippen molar-refractivity contribution in [1.29, 1.82) is 0 Å². The predicted molar refractivity (Wildman–Crippen MR) is 108 cm³/mol. The van der Waals surface area contributed by atoms with Gasteiger partial charge in [-0.25, -0.2) is 9.78 Å². The standard InChI is InChI=1S/C21H27N5O3/c1-13(2)12-26-20(29)24-19(28)21(26)6-8-25(9-7-21)18(27)11-15-4-5-16-17(10-15)23-14(3)22-16/h4-5,10,13H,6-9,11-12H2,1-3H3,(H,22,23)(H,24,28,29). The molecule has 0 aliphatic carbocycles. The van der Waals surface area contributed by atoms with Crippen molar-refractivity contribution in [2.75, 3.05) is 19.6 Å². The Hall–Kier alpha value is -2.90. The number of piperidine rings is 1. The van der Waals surface area contributed by atoms with Crippen molar-refractivity contribution in [2.45, 2.75) is 45.6 Å². The van der Waals surface area contributed by atoms with Crippen LogP contribution in [0.3, 0.4) is 0 Å². The summed E-state index contributed by atoms with van der Waals surface area (Å²) in [5.41, 5.74) is 1.93. The molecule has 2 N–H and O–H groups in total. The van der Waals surface area contributed by atoms with Crippen LogP contribution in [0.25, 0.3) is 11.0 Å². The number of hydrogen-bond donors (Lipinski definition) is 2. The predicted octanol–water partition coefficient (Wildman–Crippen LogP) is 1.98. The van der Waals surface area contributed by atoms with Gasteiger partial charge in [-0.1, -0.05) is 19.9 Å². The number of rotatable bonds is 4. The summed E-state index contributed by atoms with van der Waals surface area (Å²) in [5.74, 6) is 0.926. The number of urea groups is 1. The fourth-order valence-electron chi connectivity index (χ4n) is 4.42. The van der Waals surface area contributed by atoms with Crippen LogP contribution in [0.5, 0.6) is 0 Å². The quantitative estimate of drug-likeness (QED) is 0.771. The molecule has 2 aromatic rings. The third-order valence-corrected chi connectivity index (χ3v) is 5.92. The Labute approximate surface area is 169 Å². The third kappa shape index (κ3) is 3.47. The zero-order chi connectivity index (χ0) is 20.8. The number of nitrogens with zero attached hydrogens (tertiary/aromatic N) is 3. The summed E-state index contributed by atoms with van der Waals surface area (Å²) in [4.78, 5) is 48.7. The number of aromatic nitrogens is 2. The summed E-state index contributed by atoms with van der Waals surface area (Å²) in [5, 5.41) is 2.47. The number of carbonyl (C=O) groups excluding carboxylic acids is 3. The van der Waals surface area contributed by atoms with Crippen molar-refractivity contribution >= 4 is 28.9 Å². The third-order valence-electron chi connectivity index (χ3n) is 5.92. The van der Waals surface area contributed by atoms with Crippen LogP contribution in [0, 0.1) is 12.8 Å². The normalized spacial score (nSPS) is 18.9. The molecule has 29 heavy (non-hydrogen) atoms. The molecule has 154 valence electrons. The summed E-state index contributed by atoms with van der Waals surface area (Å²) in [6.45, 7) is 7.44. The van der Waals surface area contributed by atoms with E-state index in [-0.39, 0.29) is 23.8 Å². The lowest BCUT2D eigenvalue weighted by atomic mass is 9.85. The van der Waals surface area contributed by atoms with E-state index in [1.165, 1.54) is 0 Å². The van der Waals surface area contributed by atoms with E-state index in [1.54, 1.807) is 9.80 Å². The summed E-state index contributed by atoms with van der Waals surface area (Å²) >= 11 is 0. The van der Waals surface area contributed by atoms with Crippen molar-refractivity contribution in [3.8, 4) is 0 Å². The average molecular weight is 397 g/mol. The Morgan fingerprint density at radius 2 is 1.97 bits per heavy atom. The molecule has 4 amide bonds. The van der Waals surface area contributed by atoms with Gasteiger partial charge in [0.15, 0.2) is 0 Å². The van der Waals surface area contributed by atoms with Gasteiger partial charge in [-0.3, -0.25) is 14.9 Å². The van der Waals surface area contributed by atoms with E-state index in [4.69, 9.17) is 0 Å². The zero-order valence-electron chi connectivity index (χ0n) is 17.1. The summed E-state index contributed by atoms with van der Waals surface area (Å²) in [6, 6.07) is 5.50. The van der Waals surface area contributed by atoms with E-state index in [0.717, 1.165) is 22.4 Å². The van der Waals surface area contributed by atoms with Crippen LogP contribution in [0.1, 0.15) is 38.1 Å². The Bertz CT molecular complexity index is 972. The van der Waals surface area contributed by atoms with E-state index in [0.29, 0.717) is 38.9 Å². The maximum Gasteiger partial charge on any atom is 0.325 e. The smallest absolute Gasteiger partial charge is 0.325 e. The lowest BCUT2D eigenvalue weighted by Gasteiger charge is -2.42. The van der Waals surface area contributed by atoms with Crippen molar-refractivity contribution in [2.24, 2.45) is 5.92 Å². The first-order valence-corrected chi connectivity index (χ1v) is 10.1. The van der Waals surface area contributed by atoms with Crippen molar-refractivity contribution < 1.29 is 14.4 Å². The first kappa shape index (κ1) is 19.4. The Morgan fingerprint density at radius 1 is 1.24 bits per heavy atom. The molecule has 2 saturated heterocycles. The molecule has 8 heteroatoms. The number of nitrogens with one attached hydrogen (secondary N) is 2. The molecule has 1 aromatic carbocycles. The van der Waals surface area contributed by atoms with Gasteiger partial charge >= 0.3 is 6.03 Å². The summed E-state index contributed by atoms with van der Waals surface area (Å²) in [6.07, 6.45) is 1.26. The number of H-pyrrole nitrogens is 1. The van der Waals surface area contributed by atoms with Crippen molar-refractivity contribution in [3.63, 3.8) is 0 Å². The highest BCUT2D eigenvalue weighted by Crippen LogP contribution is 2.34. The van der Waals surface area contributed by atoms with Crippen LogP contribution in [0.15, 0.2) is 18.2 Å². The number of likely N-dealkylation sites (tertiary alicyclic amines) is 1. The number of aryl methyl sites for hydroxylation is 1. The number of benzene rings is 1. The second kappa shape index (κ2) is 7.17. The van der Waals surface area contributed by atoms with Crippen LogP contribution in [0.2, 0.25) is 0 Å². The maximum absolute atomic E-state index is 12.8. The molecule has 1 aromatic heterocycles. The molecule has 0 radical (unpaired) electrons. The second-order valence-corrected chi connectivity index (χ2v) is 8.53. The number of imide groups is 1. The first-order valence-electron chi connectivity index (χ1n) is 10.1. The van der Waals surface area contributed by atoms with Gasteiger partial charge in [-0.05, 0) is 43.4 Å². The molecule has 2 fully saturated rings. The Balaban J connectivity index is 1.43. The molecule has 4 rings (SSSR count). The highest BCUT2D eigenvalue weighted by molar-refractivity contribution is 6.07. The number of fused-ring (bicyclic) bond motifs is 1. The summed E-state index contributed by atoms with van der Waals surface area (Å²) < 4.78 is 0. The number of imidazole rings is 1. The number of aromatic amines is 1. The minimum Gasteiger partial charge on any atom is -0.342 e. The van der Waals surface area contributed by atoms with Crippen LogP contribution in [-0.2, 0) is 16.0 Å². The monoisotopic (exact) mass is 397 g/mol. The Kier molecular flexibility index (Phi) is 4.80. The molecular weight excluding hydrogens is 370 g/mol. The topological polar surface area (TPSA) is 98.4 Å². The SMILES string of the molecule is Cc1nc2ccc(CC(=O)N3CCC4(CC3)C(=O)NC(=O)N4CC(C)C)cc2[nH]1. The van der Waals surface area contributed by atoms with Gasteiger partial charge in [-0.2, -0.15) is 0 Å². The van der Waals surface area contributed by atoms with E-state index < -0.39 is 5.54 Å². The van der Waals surface area contributed by atoms with Crippen LogP contribution >= 0.6 is 0 Å². The van der Waals surface area contributed by atoms with E-state index in [2.05, 4.69) is 15.3 Å². The number of amides is 4. The molecule has 0 bridgehead atoms. The highest BCUT2D eigenvalue weighted by Gasteiger charge is 2.54. The minimum absolute atomic E-state index is 0.0376. The first-order chi connectivity index (χ1) is 13.8. The Morgan fingerprint density at radius 3 is 2.66 bits per heavy atom. The lowest BCUT2D eigenvalue weighted by molar-refractivity contribution is -0.137. The maximum atomic E-state index is 12.8. The van der Waals surface area contributed by atoms with Crippen molar-refractivity contribution in [3.05, 3.63) is 29.6 Å². The van der Waals surface area contributed by atoms with Gasteiger partial charge in [0.05, 0.1) is 17.5 Å². The highest BCUT2D eigenvalue weighted by atomic mass is 16.2. The van der Waals surface area contributed by atoms with E-state index in [1.807, 2.05) is 39.0 Å². The van der Waals surface area contributed by atoms with Crippen LogP contribution in [-0.4, -0.2) is 62.8 Å². The lowest BCUT2D eigenvalue weighted by Crippen LogP contribution is -2.58. The van der Waals surface area contributed by atoms with Gasteiger partial charge in [0, 0.05) is 19.6 Å². The van der Waals surface area contributed by atoms with Gasteiger partial charge in [0.25, 0.3) is 5.91 Å². The molecule has 1 spiro atoms. The molecule has 0 atom stereocenters. The molecular formula is C21H27N5O3. The molecule has 2 aliphatic rings. The van der Waals surface area contributed by atoms with Gasteiger partial charge in [-0.15, -0.1) is 0 Å². The number of carbonyl (C=O) groups is 3. The molecule has 3 heterocycles. The molecule has 8 nitrogen and oxygen atoms in total. The molecule has 2 aliphatic heterocycles. The average Bonchev–Trinajstić information content (AvgIpc) is 3.14. The molecule has 0 unspecified atom stereocenters. The fourth-order valence-corrected chi connectivity index (χ4v) is 4.42. The largest absolute Gasteiger partial charge is 0.342 e. The van der Waals surface area contributed by atoms with Crippen LogP contribution in [0.4, 0.5) is 4.79 Å². The minimum atomic E-state index is -0.815. The fraction of sp³-hybridized carbons (Fsp3) is 0.524. The van der Waals surface area contributed by atoms with Gasteiger partial charge in [0.2, 0.25) is 5.91 Å². The number of hydrogen-bond acceptors (Lipinski definition) is 4. The second-order valence-electron chi connectivity index (χ2n) is 8.53. The van der Waals surface area contributed by atoms with Gasteiger partial charge < -0.3 is 14.8 Å². The van der Waals surface area contributed by atoms with Gasteiger partial charge in [0.1, 0.15) is 11.4 Å². The molecule has 0 saturated carbocycles. The van der Waals surface area contributed by atoms with E-state index in [9.17, 15) is 14.4 Å². The van der Waals surface area contributed by atoms with Crippen LogP contribution < -0.4 is 5.32 Å². The van der Waals surface area contributed by atoms with E-state index >= 15 is 0 Å². The van der Waals surface area contributed by atoms with Crippen molar-refractivity contribution in [1.82, 2.24) is 25.1 Å². The zero-order valence-corrected chi connectivity index (χ0v) is 17.1.